The maximum Gasteiger partial charge on any atom is 0.293 e. The van der Waals surface area contributed by atoms with Crippen LogP contribution >= 0.6 is 0 Å². The second-order valence-electron chi connectivity index (χ2n) is 10.6. The average Bonchev–Trinajstić information content (AvgIpc) is 3.26. The van der Waals surface area contributed by atoms with E-state index in [1.54, 1.807) is 0 Å². The van der Waals surface area contributed by atoms with E-state index in [9.17, 15) is 28.5 Å². The van der Waals surface area contributed by atoms with Gasteiger partial charge >= 0.3 is 0 Å². The molecule has 3 atom stereocenters. The minimum Gasteiger partial charge on any atom is -0.755 e. The van der Waals surface area contributed by atoms with Crippen LogP contribution in [0.3, 0.4) is 0 Å². The minimum atomic E-state index is -2.90. The number of anilines is 1. The fourth-order valence-corrected chi connectivity index (χ4v) is 8.44. The van der Waals surface area contributed by atoms with Crippen molar-refractivity contribution in [3.63, 3.8) is 0 Å². The molecule has 0 aliphatic heterocycles. The first-order valence-electron chi connectivity index (χ1n) is 11.9. The molecule has 1 aromatic rings. The smallest absolute Gasteiger partial charge is 0.293 e. The molecular formula is C23H29N4O6S-. The number of nitro groups is 1. The van der Waals surface area contributed by atoms with Crippen LogP contribution in [0.4, 0.5) is 11.4 Å². The normalized spacial score (nSPS) is 33.9. The van der Waals surface area contributed by atoms with Gasteiger partial charge in [0, 0.05) is 28.8 Å². The molecule has 5 saturated carbocycles. The van der Waals surface area contributed by atoms with Crippen molar-refractivity contribution in [2.45, 2.75) is 69.4 Å². The Morgan fingerprint density at radius 3 is 2.29 bits per heavy atom. The number of rotatable bonds is 7. The lowest BCUT2D eigenvalue weighted by Gasteiger charge is -2.59. The van der Waals surface area contributed by atoms with E-state index < -0.39 is 33.1 Å². The van der Waals surface area contributed by atoms with Gasteiger partial charge in [0.1, 0.15) is 11.2 Å². The van der Waals surface area contributed by atoms with Crippen LogP contribution in [0.15, 0.2) is 24.3 Å². The van der Waals surface area contributed by atoms with Crippen molar-refractivity contribution in [3.05, 3.63) is 34.4 Å². The Morgan fingerprint density at radius 1 is 1.12 bits per heavy atom. The molecule has 0 saturated heterocycles. The van der Waals surface area contributed by atoms with Crippen molar-refractivity contribution in [2.24, 2.45) is 28.9 Å². The average molecular weight is 490 g/mol. The van der Waals surface area contributed by atoms with Crippen LogP contribution in [0.25, 0.3) is 0 Å². The third-order valence-electron chi connectivity index (χ3n) is 8.78. The predicted molar refractivity (Wildman–Crippen MR) is 123 cm³/mol. The quantitative estimate of drug-likeness (QED) is 0.340. The van der Waals surface area contributed by atoms with E-state index in [2.05, 4.69) is 5.32 Å². The molecule has 0 radical (unpaired) electrons. The number of benzene rings is 1. The van der Waals surface area contributed by atoms with Gasteiger partial charge in [0.2, 0.25) is 11.8 Å². The van der Waals surface area contributed by atoms with Gasteiger partial charge in [-0.05, 0) is 68.8 Å². The largest absolute Gasteiger partial charge is 0.755 e. The lowest BCUT2D eigenvalue weighted by Crippen LogP contribution is -2.66. The molecule has 5 aliphatic rings. The Morgan fingerprint density at radius 2 is 1.74 bits per heavy atom. The van der Waals surface area contributed by atoms with Gasteiger partial charge in [-0.15, -0.1) is 0 Å². The monoisotopic (exact) mass is 489 g/mol. The molecule has 3 unspecified atom stereocenters. The zero-order chi connectivity index (χ0) is 24.3. The van der Waals surface area contributed by atoms with Gasteiger partial charge in [-0.2, -0.15) is 0 Å². The molecule has 2 amide bonds. The molecule has 5 aliphatic carbocycles. The molecule has 0 spiro atoms. The molecule has 4 bridgehead atoms. The van der Waals surface area contributed by atoms with Gasteiger partial charge < -0.3 is 15.6 Å². The highest BCUT2D eigenvalue weighted by Gasteiger charge is 2.59. The number of primary amides is 1. The Balaban J connectivity index is 1.47. The van der Waals surface area contributed by atoms with Gasteiger partial charge in [0.05, 0.1) is 4.92 Å². The van der Waals surface area contributed by atoms with Crippen LogP contribution in [0.2, 0.25) is 0 Å². The molecule has 5 fully saturated rings. The van der Waals surface area contributed by atoms with Crippen molar-refractivity contribution in [2.75, 3.05) is 4.31 Å². The molecule has 0 heterocycles. The summed E-state index contributed by atoms with van der Waals surface area (Å²) in [4.78, 5) is 37.2. The Hall–Kier alpha value is -2.53. The molecule has 10 nitrogen and oxygen atoms in total. The summed E-state index contributed by atoms with van der Waals surface area (Å²) < 4.78 is 25.9. The lowest BCUT2D eigenvalue weighted by atomic mass is 9.47. The van der Waals surface area contributed by atoms with Crippen molar-refractivity contribution in [1.82, 2.24) is 5.32 Å². The Labute approximate surface area is 200 Å². The fourth-order valence-electron chi connectivity index (χ4n) is 7.57. The fraction of sp³-hybridized carbons (Fsp3) is 0.652. The summed E-state index contributed by atoms with van der Waals surface area (Å²) >= 11 is -2.90. The number of hydrogen-bond donors (Lipinski definition) is 2. The highest BCUT2D eigenvalue weighted by molar-refractivity contribution is 7.80. The predicted octanol–water partition coefficient (Wildman–Crippen LogP) is 2.30. The Kier molecular flexibility index (Phi) is 5.67. The number of nitrogens with zero attached hydrogens (tertiary/aromatic N) is 2. The second kappa shape index (κ2) is 8.30. The number of nitrogens with two attached hydrogens (primary N) is 1. The van der Waals surface area contributed by atoms with E-state index in [0.717, 1.165) is 23.6 Å². The third kappa shape index (κ3) is 3.51. The number of carbonyl (C=O) groups excluding carboxylic acids is 2. The van der Waals surface area contributed by atoms with E-state index in [4.69, 9.17) is 5.73 Å². The van der Waals surface area contributed by atoms with E-state index >= 15 is 0 Å². The number of carbonyl (C=O) groups is 2. The topological polar surface area (TPSA) is 159 Å². The van der Waals surface area contributed by atoms with Gasteiger partial charge in [-0.25, -0.2) is 0 Å². The van der Waals surface area contributed by atoms with Crippen LogP contribution < -0.4 is 15.4 Å². The SMILES string of the molecule is NC(=O)C12CC3CC(C1)C(NC(=O)C1(N(c4ccccc4[N+](=O)[O-])S(=O)[O-])CCCC1)C(C3)C2. The van der Waals surface area contributed by atoms with Crippen LogP contribution in [-0.4, -0.2) is 37.1 Å². The van der Waals surface area contributed by atoms with Crippen LogP contribution in [0.5, 0.6) is 0 Å². The highest BCUT2D eigenvalue weighted by atomic mass is 32.2. The van der Waals surface area contributed by atoms with E-state index in [1.807, 2.05) is 0 Å². The van der Waals surface area contributed by atoms with E-state index in [-0.39, 0.29) is 48.0 Å². The van der Waals surface area contributed by atoms with Crippen LogP contribution in [-0.2, 0) is 20.9 Å². The first-order valence-corrected chi connectivity index (χ1v) is 12.9. The van der Waals surface area contributed by atoms with E-state index in [1.165, 1.54) is 24.3 Å². The van der Waals surface area contributed by atoms with Gasteiger partial charge in [-0.3, -0.25) is 28.2 Å². The summed E-state index contributed by atoms with van der Waals surface area (Å²) in [5.41, 5.74) is 3.41. The molecule has 6 rings (SSSR count). The highest BCUT2D eigenvalue weighted by Crippen LogP contribution is 2.60. The molecule has 11 heteroatoms. The molecule has 3 N–H and O–H groups in total. The third-order valence-corrected chi connectivity index (χ3v) is 9.63. The summed E-state index contributed by atoms with van der Waals surface area (Å²) in [6, 6.07) is 5.47. The summed E-state index contributed by atoms with van der Waals surface area (Å²) in [5, 5.41) is 14.8. The summed E-state index contributed by atoms with van der Waals surface area (Å²) in [7, 11) is 0. The molecule has 0 aromatic heterocycles. The maximum absolute atomic E-state index is 13.9. The lowest BCUT2D eigenvalue weighted by molar-refractivity contribution is -0.384. The molecule has 184 valence electrons. The zero-order valence-corrected chi connectivity index (χ0v) is 19.6. The van der Waals surface area contributed by atoms with Crippen LogP contribution in [0, 0.1) is 33.3 Å². The van der Waals surface area contributed by atoms with E-state index in [0.29, 0.717) is 31.6 Å². The van der Waals surface area contributed by atoms with Crippen molar-refractivity contribution in [3.8, 4) is 0 Å². The molecule has 1 aromatic carbocycles. The van der Waals surface area contributed by atoms with Gasteiger partial charge in [-0.1, -0.05) is 25.0 Å². The summed E-state index contributed by atoms with van der Waals surface area (Å²) in [5.74, 6) is 0.0132. The van der Waals surface area contributed by atoms with Crippen molar-refractivity contribution in [1.29, 1.82) is 0 Å². The number of nitrogens with one attached hydrogen (secondary N) is 1. The maximum atomic E-state index is 13.9. The van der Waals surface area contributed by atoms with Gasteiger partial charge in [0.15, 0.2) is 0 Å². The molecule has 34 heavy (non-hydrogen) atoms. The zero-order valence-electron chi connectivity index (χ0n) is 18.8. The molecular weight excluding hydrogens is 460 g/mol. The second-order valence-corrected chi connectivity index (χ2v) is 11.4. The first-order chi connectivity index (χ1) is 16.2. The van der Waals surface area contributed by atoms with Crippen LogP contribution in [0.1, 0.15) is 57.8 Å². The first kappa shape index (κ1) is 23.2. The van der Waals surface area contributed by atoms with Crippen molar-refractivity contribution >= 4 is 34.5 Å². The summed E-state index contributed by atoms with van der Waals surface area (Å²) in [6.45, 7) is 0. The number of hydrogen-bond acceptors (Lipinski definition) is 6. The van der Waals surface area contributed by atoms with Gasteiger partial charge in [0.25, 0.3) is 5.69 Å². The number of nitro benzene ring substituents is 1. The standard InChI is InChI=1S/C23H30N4O6S/c24-20(28)22-11-14-9-15(12-22)19(16(10-14)13-22)25-21(29)23(7-3-4-8-23)26(34(32)33)17-5-1-2-6-18(17)27(30)31/h1-2,5-6,14-16,19H,3-4,7-13H2,(H2,24,28)(H,25,29)(H,32,33)/p-1. The van der Waals surface area contributed by atoms with Crippen molar-refractivity contribution < 1.29 is 23.3 Å². The number of amides is 2. The number of para-hydroxylation sites is 2. The summed E-state index contributed by atoms with van der Waals surface area (Å²) in [6.07, 6.45) is 5.82. The minimum absolute atomic E-state index is 0.101. The Bertz CT molecular complexity index is 1040.